The monoisotopic (exact) mass is 278 g/mol. The van der Waals surface area contributed by atoms with Crippen molar-refractivity contribution in [2.75, 3.05) is 50.7 Å². The highest BCUT2D eigenvalue weighted by Crippen LogP contribution is 2.20. The molecule has 1 saturated heterocycles. The normalized spacial score (nSPS) is 16.4. The largest absolute Gasteiger partial charge is 0.369 e. The smallest absolute Gasteiger partial charge is 0.269 e. The molecule has 0 unspecified atom stereocenters. The van der Waals surface area contributed by atoms with Crippen LogP contribution in [-0.2, 0) is 0 Å². The van der Waals surface area contributed by atoms with Crippen LogP contribution >= 0.6 is 0 Å². The number of nitrogens with one attached hydrogen (secondary N) is 1. The van der Waals surface area contributed by atoms with Gasteiger partial charge in [-0.05, 0) is 18.7 Å². The molecule has 0 spiro atoms. The number of hydrogen-bond acceptors (Lipinski definition) is 5. The molecule has 0 atom stereocenters. The second-order valence-corrected chi connectivity index (χ2v) is 4.96. The summed E-state index contributed by atoms with van der Waals surface area (Å²) < 4.78 is 0. The Hall–Kier alpha value is -1.66. The maximum Gasteiger partial charge on any atom is 0.269 e. The van der Waals surface area contributed by atoms with Gasteiger partial charge in [0.25, 0.3) is 5.69 Å². The fourth-order valence-electron chi connectivity index (χ4n) is 2.43. The van der Waals surface area contributed by atoms with Gasteiger partial charge in [-0.25, -0.2) is 0 Å². The number of nitro groups is 1. The Morgan fingerprint density at radius 3 is 2.40 bits per heavy atom. The third kappa shape index (κ3) is 3.91. The summed E-state index contributed by atoms with van der Waals surface area (Å²) in [7, 11) is 0. The summed E-state index contributed by atoms with van der Waals surface area (Å²) in [6.07, 6.45) is 0. The van der Waals surface area contributed by atoms with Crippen molar-refractivity contribution < 1.29 is 4.92 Å². The van der Waals surface area contributed by atoms with Crippen molar-refractivity contribution in [3.05, 3.63) is 34.4 Å². The zero-order valence-corrected chi connectivity index (χ0v) is 11.9. The van der Waals surface area contributed by atoms with Crippen molar-refractivity contribution in [2.24, 2.45) is 0 Å². The molecule has 110 valence electrons. The number of rotatable bonds is 6. The average molecular weight is 278 g/mol. The van der Waals surface area contributed by atoms with Crippen molar-refractivity contribution in [3.63, 3.8) is 0 Å². The first-order valence-corrected chi connectivity index (χ1v) is 7.13. The molecule has 0 aromatic heterocycles. The Labute approximate surface area is 119 Å². The van der Waals surface area contributed by atoms with Crippen molar-refractivity contribution in [1.82, 2.24) is 10.2 Å². The van der Waals surface area contributed by atoms with Gasteiger partial charge in [0.2, 0.25) is 0 Å². The molecule has 0 aliphatic carbocycles. The van der Waals surface area contributed by atoms with Crippen LogP contribution < -0.4 is 10.2 Å². The zero-order chi connectivity index (χ0) is 14.4. The van der Waals surface area contributed by atoms with Crippen molar-refractivity contribution in [2.45, 2.75) is 6.92 Å². The van der Waals surface area contributed by atoms with E-state index >= 15 is 0 Å². The Morgan fingerprint density at radius 2 is 1.85 bits per heavy atom. The highest BCUT2D eigenvalue weighted by atomic mass is 16.6. The molecule has 6 heteroatoms. The fourth-order valence-corrected chi connectivity index (χ4v) is 2.43. The topological polar surface area (TPSA) is 61.6 Å². The van der Waals surface area contributed by atoms with E-state index in [0.717, 1.165) is 51.5 Å². The maximum absolute atomic E-state index is 10.6. The lowest BCUT2D eigenvalue weighted by Crippen LogP contribution is -2.48. The van der Waals surface area contributed by atoms with Gasteiger partial charge in [0.05, 0.1) is 4.92 Å². The van der Waals surface area contributed by atoms with E-state index in [1.54, 1.807) is 12.1 Å². The predicted octanol–water partition coefficient (Wildman–Crippen LogP) is 1.33. The number of anilines is 1. The molecule has 6 nitrogen and oxygen atoms in total. The summed E-state index contributed by atoms with van der Waals surface area (Å²) in [4.78, 5) is 15.0. The van der Waals surface area contributed by atoms with E-state index in [2.05, 4.69) is 22.0 Å². The van der Waals surface area contributed by atoms with E-state index in [9.17, 15) is 10.1 Å². The molecular formula is C14H22N4O2. The molecule has 1 heterocycles. The van der Waals surface area contributed by atoms with Crippen LogP contribution in [0.15, 0.2) is 24.3 Å². The minimum atomic E-state index is -0.359. The molecule has 0 saturated carbocycles. The second-order valence-electron chi connectivity index (χ2n) is 4.96. The Balaban J connectivity index is 1.82. The van der Waals surface area contributed by atoms with Crippen molar-refractivity contribution >= 4 is 11.4 Å². The molecule has 1 N–H and O–H groups in total. The average Bonchev–Trinajstić information content (AvgIpc) is 2.48. The van der Waals surface area contributed by atoms with Gasteiger partial charge in [-0.3, -0.25) is 15.0 Å². The maximum atomic E-state index is 10.6. The molecule has 1 aliphatic heterocycles. The fraction of sp³-hybridized carbons (Fsp3) is 0.571. The Kier molecular flexibility index (Phi) is 5.31. The molecule has 2 rings (SSSR count). The Bertz CT molecular complexity index is 427. The van der Waals surface area contributed by atoms with Crippen LogP contribution in [-0.4, -0.2) is 55.6 Å². The first kappa shape index (κ1) is 14.7. The lowest BCUT2D eigenvalue weighted by Gasteiger charge is -2.36. The number of nitro benzene ring substituents is 1. The number of benzene rings is 1. The van der Waals surface area contributed by atoms with E-state index in [-0.39, 0.29) is 10.6 Å². The number of likely N-dealkylation sites (N-methyl/N-ethyl adjacent to an activating group) is 1. The zero-order valence-electron chi connectivity index (χ0n) is 11.9. The first-order valence-electron chi connectivity index (χ1n) is 7.13. The molecular weight excluding hydrogens is 256 g/mol. The molecule has 0 radical (unpaired) electrons. The number of piperazine rings is 1. The van der Waals surface area contributed by atoms with Gasteiger partial charge in [-0.15, -0.1) is 0 Å². The third-order valence-electron chi connectivity index (χ3n) is 3.65. The minimum absolute atomic E-state index is 0.151. The van der Waals surface area contributed by atoms with E-state index in [1.165, 1.54) is 0 Å². The number of non-ortho nitro benzene ring substituents is 1. The summed E-state index contributed by atoms with van der Waals surface area (Å²) >= 11 is 0. The quantitative estimate of drug-likeness (QED) is 0.483. The second kappa shape index (κ2) is 7.21. The lowest BCUT2D eigenvalue weighted by molar-refractivity contribution is -0.384. The molecule has 20 heavy (non-hydrogen) atoms. The number of nitrogens with zero attached hydrogens (tertiary/aromatic N) is 3. The van der Waals surface area contributed by atoms with Gasteiger partial charge < -0.3 is 10.2 Å². The van der Waals surface area contributed by atoms with Gasteiger partial charge in [0.1, 0.15) is 0 Å². The summed E-state index contributed by atoms with van der Waals surface area (Å²) in [6.45, 7) is 9.30. The third-order valence-corrected chi connectivity index (χ3v) is 3.65. The van der Waals surface area contributed by atoms with Crippen molar-refractivity contribution in [1.29, 1.82) is 0 Å². The van der Waals surface area contributed by atoms with Gasteiger partial charge in [-0.2, -0.15) is 0 Å². The molecule has 0 bridgehead atoms. The molecule has 0 amide bonds. The predicted molar refractivity (Wildman–Crippen MR) is 80.3 cm³/mol. The van der Waals surface area contributed by atoms with Gasteiger partial charge in [-0.1, -0.05) is 6.92 Å². The Morgan fingerprint density at radius 1 is 1.20 bits per heavy atom. The molecule has 1 aromatic carbocycles. The molecule has 1 fully saturated rings. The van der Waals surface area contributed by atoms with Crippen LogP contribution in [0.1, 0.15) is 6.92 Å². The standard InChI is InChI=1S/C14H22N4O2/c1-2-15-7-8-16-9-11-17(12-10-16)13-3-5-14(6-4-13)18(19)20/h3-6,15H,2,7-12H2,1H3. The molecule has 1 aromatic rings. The van der Waals surface area contributed by atoms with Crippen LogP contribution in [0.5, 0.6) is 0 Å². The van der Waals surface area contributed by atoms with Gasteiger partial charge in [0, 0.05) is 57.1 Å². The van der Waals surface area contributed by atoms with E-state index in [1.807, 2.05) is 12.1 Å². The summed E-state index contributed by atoms with van der Waals surface area (Å²) in [5, 5.41) is 14.0. The van der Waals surface area contributed by atoms with Crippen LogP contribution in [0.25, 0.3) is 0 Å². The van der Waals surface area contributed by atoms with Crippen LogP contribution in [0.4, 0.5) is 11.4 Å². The van der Waals surface area contributed by atoms with Gasteiger partial charge in [0.15, 0.2) is 0 Å². The van der Waals surface area contributed by atoms with Crippen LogP contribution in [0, 0.1) is 10.1 Å². The summed E-state index contributed by atoms with van der Waals surface area (Å²) in [5.74, 6) is 0. The van der Waals surface area contributed by atoms with Crippen LogP contribution in [0.3, 0.4) is 0 Å². The summed E-state index contributed by atoms with van der Waals surface area (Å²) in [6, 6.07) is 6.83. The van der Waals surface area contributed by atoms with E-state index in [0.29, 0.717) is 0 Å². The van der Waals surface area contributed by atoms with Crippen LogP contribution in [0.2, 0.25) is 0 Å². The SMILES string of the molecule is CCNCCN1CCN(c2ccc([N+](=O)[O-])cc2)CC1. The van der Waals surface area contributed by atoms with E-state index < -0.39 is 0 Å². The minimum Gasteiger partial charge on any atom is -0.369 e. The lowest BCUT2D eigenvalue weighted by atomic mass is 10.2. The van der Waals surface area contributed by atoms with Crippen molar-refractivity contribution in [3.8, 4) is 0 Å². The van der Waals surface area contributed by atoms with Gasteiger partial charge >= 0.3 is 0 Å². The highest BCUT2D eigenvalue weighted by Gasteiger charge is 2.17. The molecule has 1 aliphatic rings. The number of hydrogen-bond donors (Lipinski definition) is 1. The highest BCUT2D eigenvalue weighted by molar-refractivity contribution is 5.51. The van der Waals surface area contributed by atoms with E-state index in [4.69, 9.17) is 0 Å². The summed E-state index contributed by atoms with van der Waals surface area (Å²) in [5.41, 5.74) is 1.22. The first-order chi connectivity index (χ1) is 9.70.